The number of likely N-dealkylation sites (tertiary alicyclic amines) is 1. The van der Waals surface area contributed by atoms with Gasteiger partial charge in [-0.3, -0.25) is 14.7 Å². The first kappa shape index (κ1) is 24.4. The normalized spacial score (nSPS) is 24.8. The molecule has 9 nitrogen and oxygen atoms in total. The Morgan fingerprint density at radius 2 is 2.08 bits per heavy atom. The van der Waals surface area contributed by atoms with E-state index in [0.717, 1.165) is 97.8 Å². The first-order valence-electron chi connectivity index (χ1n) is 13.8. The van der Waals surface area contributed by atoms with Crippen molar-refractivity contribution < 1.29 is 9.53 Å². The Hall–Kier alpha value is -3.66. The van der Waals surface area contributed by atoms with Crippen molar-refractivity contribution in [2.24, 2.45) is 11.7 Å². The molecule has 3 unspecified atom stereocenters. The number of benzene rings is 1. The number of pyridine rings is 1. The van der Waals surface area contributed by atoms with E-state index in [4.69, 9.17) is 15.5 Å². The number of anilines is 1. The van der Waals surface area contributed by atoms with E-state index in [-0.39, 0.29) is 17.4 Å². The molecule has 3 atom stereocenters. The number of hydrogen-bond donors (Lipinski definition) is 3. The highest BCUT2D eigenvalue weighted by Crippen LogP contribution is 2.59. The molecule has 9 heteroatoms. The topological polar surface area (TPSA) is 122 Å². The van der Waals surface area contributed by atoms with Crippen molar-refractivity contribution >= 4 is 22.6 Å². The van der Waals surface area contributed by atoms with Gasteiger partial charge in [0, 0.05) is 54.1 Å². The fourth-order valence-corrected chi connectivity index (χ4v) is 6.40. The highest BCUT2D eigenvalue weighted by atomic mass is 16.5. The average molecular weight is 524 g/mol. The summed E-state index contributed by atoms with van der Waals surface area (Å²) in [6, 6.07) is 14.1. The van der Waals surface area contributed by atoms with Crippen molar-refractivity contribution in [3.8, 4) is 11.3 Å². The zero-order chi connectivity index (χ0) is 26.4. The number of rotatable bonds is 6. The molecule has 1 saturated carbocycles. The van der Waals surface area contributed by atoms with E-state index in [1.807, 2.05) is 36.4 Å². The van der Waals surface area contributed by atoms with Gasteiger partial charge in [0.05, 0.1) is 12.3 Å². The van der Waals surface area contributed by atoms with Crippen LogP contribution in [0.5, 0.6) is 0 Å². The molecule has 2 aliphatic heterocycles. The SMILES string of the molecule is NC1CCCN(Cc2ccnc(C(=O)Nc3ccc(-c4cc5c(C67CCOCC6C7)ncnc5[nH]4)cc3)c2)C1. The number of hydrogen-bond acceptors (Lipinski definition) is 7. The second kappa shape index (κ2) is 9.82. The summed E-state index contributed by atoms with van der Waals surface area (Å²) in [4.78, 5) is 32.3. The van der Waals surface area contributed by atoms with Crippen molar-refractivity contribution in [1.82, 2.24) is 24.8 Å². The minimum Gasteiger partial charge on any atom is -0.381 e. The number of amides is 1. The molecular formula is C30H33N7O2. The predicted octanol–water partition coefficient (Wildman–Crippen LogP) is 3.87. The Kier molecular flexibility index (Phi) is 6.14. The smallest absolute Gasteiger partial charge is 0.274 e. The van der Waals surface area contributed by atoms with Gasteiger partial charge in [0.25, 0.3) is 5.91 Å². The van der Waals surface area contributed by atoms with Crippen LogP contribution >= 0.6 is 0 Å². The van der Waals surface area contributed by atoms with Crippen LogP contribution < -0.4 is 11.1 Å². The van der Waals surface area contributed by atoms with Gasteiger partial charge >= 0.3 is 0 Å². The molecule has 7 rings (SSSR count). The third-order valence-electron chi connectivity index (χ3n) is 8.60. The van der Waals surface area contributed by atoms with Crippen LogP contribution in [0.4, 0.5) is 5.69 Å². The van der Waals surface area contributed by atoms with Gasteiger partial charge in [0.15, 0.2) is 0 Å². The molecule has 3 aliphatic rings. The van der Waals surface area contributed by atoms with Gasteiger partial charge in [0.2, 0.25) is 0 Å². The Labute approximate surface area is 227 Å². The molecule has 4 aromatic rings. The van der Waals surface area contributed by atoms with Gasteiger partial charge in [-0.05, 0) is 79.6 Å². The van der Waals surface area contributed by atoms with Crippen molar-refractivity contribution in [1.29, 1.82) is 0 Å². The summed E-state index contributed by atoms with van der Waals surface area (Å²) >= 11 is 0. The summed E-state index contributed by atoms with van der Waals surface area (Å²) in [5, 5.41) is 4.07. The Morgan fingerprint density at radius 1 is 1.18 bits per heavy atom. The molecule has 5 heterocycles. The Bertz CT molecular complexity index is 1520. The number of carbonyl (C=O) groups is 1. The summed E-state index contributed by atoms with van der Waals surface area (Å²) in [7, 11) is 0. The van der Waals surface area contributed by atoms with Crippen LogP contribution in [0.2, 0.25) is 0 Å². The number of ether oxygens (including phenoxy) is 1. The monoisotopic (exact) mass is 523 g/mol. The number of aromatic amines is 1. The molecule has 39 heavy (non-hydrogen) atoms. The first-order chi connectivity index (χ1) is 19.1. The number of H-pyrrole nitrogens is 1. The molecule has 3 aromatic heterocycles. The predicted molar refractivity (Wildman–Crippen MR) is 149 cm³/mol. The van der Waals surface area contributed by atoms with Crippen LogP contribution in [-0.4, -0.2) is 63.1 Å². The molecule has 1 amide bonds. The zero-order valence-corrected chi connectivity index (χ0v) is 21.9. The third-order valence-corrected chi connectivity index (χ3v) is 8.60. The van der Waals surface area contributed by atoms with E-state index in [2.05, 4.69) is 31.2 Å². The average Bonchev–Trinajstić information content (AvgIpc) is 3.55. The van der Waals surface area contributed by atoms with Crippen molar-refractivity contribution in [2.45, 2.75) is 43.7 Å². The van der Waals surface area contributed by atoms with Crippen molar-refractivity contribution in [2.75, 3.05) is 31.6 Å². The summed E-state index contributed by atoms with van der Waals surface area (Å²) in [5.41, 5.74) is 12.5. The van der Waals surface area contributed by atoms with Gasteiger partial charge in [-0.15, -0.1) is 0 Å². The largest absolute Gasteiger partial charge is 0.381 e. The lowest BCUT2D eigenvalue weighted by Gasteiger charge is -2.30. The van der Waals surface area contributed by atoms with Crippen molar-refractivity contribution in [3.05, 3.63) is 71.9 Å². The zero-order valence-electron chi connectivity index (χ0n) is 21.9. The highest BCUT2D eigenvalue weighted by Gasteiger charge is 2.58. The van der Waals surface area contributed by atoms with E-state index in [1.54, 1.807) is 12.5 Å². The fraction of sp³-hybridized carbons (Fsp3) is 0.400. The second-order valence-corrected chi connectivity index (χ2v) is 11.3. The number of nitrogens with zero attached hydrogens (tertiary/aromatic N) is 4. The molecule has 2 saturated heterocycles. The van der Waals surface area contributed by atoms with E-state index in [9.17, 15) is 4.79 Å². The van der Waals surface area contributed by atoms with E-state index in [1.165, 1.54) is 0 Å². The number of aromatic nitrogens is 4. The minimum absolute atomic E-state index is 0.138. The molecule has 1 aromatic carbocycles. The molecule has 4 N–H and O–H groups in total. The van der Waals surface area contributed by atoms with E-state index in [0.29, 0.717) is 11.6 Å². The van der Waals surface area contributed by atoms with Crippen LogP contribution in [0.1, 0.15) is 47.4 Å². The van der Waals surface area contributed by atoms with E-state index < -0.39 is 0 Å². The van der Waals surface area contributed by atoms with E-state index >= 15 is 0 Å². The first-order valence-corrected chi connectivity index (χ1v) is 13.8. The Balaban J connectivity index is 1.05. The van der Waals surface area contributed by atoms with Gasteiger partial charge in [-0.2, -0.15) is 0 Å². The number of nitrogens with two attached hydrogens (primary N) is 1. The van der Waals surface area contributed by atoms with Gasteiger partial charge in [-0.1, -0.05) is 12.1 Å². The molecule has 1 aliphatic carbocycles. The van der Waals surface area contributed by atoms with Crippen LogP contribution in [0.3, 0.4) is 0 Å². The second-order valence-electron chi connectivity index (χ2n) is 11.3. The number of carbonyl (C=O) groups excluding carboxylic acids is 1. The lowest BCUT2D eigenvalue weighted by atomic mass is 9.91. The third kappa shape index (κ3) is 4.71. The standard InChI is InChI=1S/C30H33N7O2/c31-22-2-1-10-37(16-22)15-19-7-9-32-26(12-19)29(38)35-23-5-3-20(4-6-23)25-13-24-27(33-18-34-28(24)36-25)30-8-11-39-17-21(30)14-30/h3-7,9,12-13,18,21-22H,1-2,8,10-11,14-17,31H2,(H,35,38)(H,33,34,36). The fourth-order valence-electron chi connectivity index (χ4n) is 6.40. The van der Waals surface area contributed by atoms with Crippen molar-refractivity contribution in [3.63, 3.8) is 0 Å². The minimum atomic E-state index is -0.222. The maximum atomic E-state index is 13.0. The Morgan fingerprint density at radius 3 is 2.92 bits per heavy atom. The quantitative estimate of drug-likeness (QED) is 0.351. The van der Waals surface area contributed by atoms with Crippen LogP contribution in [0.25, 0.3) is 22.3 Å². The lowest BCUT2D eigenvalue weighted by Crippen LogP contribution is -2.42. The molecule has 3 fully saturated rings. The summed E-state index contributed by atoms with van der Waals surface area (Å²) in [6.07, 6.45) is 7.71. The summed E-state index contributed by atoms with van der Waals surface area (Å²) in [6.45, 7) is 4.31. The highest BCUT2D eigenvalue weighted by molar-refractivity contribution is 6.03. The molecule has 0 bridgehead atoms. The maximum Gasteiger partial charge on any atom is 0.274 e. The van der Waals surface area contributed by atoms with Crippen LogP contribution in [0, 0.1) is 5.92 Å². The molecule has 0 radical (unpaired) electrons. The number of nitrogens with one attached hydrogen (secondary N) is 2. The molecular weight excluding hydrogens is 490 g/mol. The number of piperidine rings is 1. The summed E-state index contributed by atoms with van der Waals surface area (Å²) < 4.78 is 5.67. The number of fused-ring (bicyclic) bond motifs is 2. The van der Waals surface area contributed by atoms with Gasteiger partial charge < -0.3 is 20.8 Å². The van der Waals surface area contributed by atoms with Crippen LogP contribution in [0.15, 0.2) is 55.0 Å². The molecule has 0 spiro atoms. The van der Waals surface area contributed by atoms with Gasteiger partial charge in [0.1, 0.15) is 17.7 Å². The van der Waals surface area contributed by atoms with Gasteiger partial charge in [-0.25, -0.2) is 9.97 Å². The maximum absolute atomic E-state index is 13.0. The summed E-state index contributed by atoms with van der Waals surface area (Å²) in [5.74, 6) is 0.337. The van der Waals surface area contributed by atoms with Crippen LogP contribution in [-0.2, 0) is 16.7 Å². The molecule has 200 valence electrons. The lowest BCUT2D eigenvalue weighted by molar-refractivity contribution is 0.0797.